The van der Waals surface area contributed by atoms with Gasteiger partial charge in [0.15, 0.2) is 0 Å². The number of nitriles is 1. The Morgan fingerprint density at radius 2 is 2.33 bits per heavy atom. The molecule has 0 bridgehead atoms. The average Bonchev–Trinajstić information content (AvgIpc) is 2.22. The highest BCUT2D eigenvalue weighted by atomic mass is 35.5. The summed E-state index contributed by atoms with van der Waals surface area (Å²) in [4.78, 5) is 11.4. The van der Waals surface area contributed by atoms with Crippen LogP contribution in [0.5, 0.6) is 0 Å². The molecule has 0 fully saturated rings. The SMILES string of the molecule is N#CCCNC(=O)c1ccc(F)c(Cl)c1. The summed E-state index contributed by atoms with van der Waals surface area (Å²) in [6.45, 7) is 0.268. The number of rotatable bonds is 3. The minimum Gasteiger partial charge on any atom is -0.351 e. The first-order chi connectivity index (χ1) is 7.15. The fourth-order valence-electron chi connectivity index (χ4n) is 0.971. The lowest BCUT2D eigenvalue weighted by Gasteiger charge is -2.03. The van der Waals surface area contributed by atoms with Crippen LogP contribution < -0.4 is 5.32 Å². The Hall–Kier alpha value is -1.60. The molecule has 0 heterocycles. The monoisotopic (exact) mass is 226 g/mol. The normalized spacial score (nSPS) is 9.40. The number of halogens is 2. The highest BCUT2D eigenvalue weighted by Gasteiger charge is 2.07. The van der Waals surface area contributed by atoms with Crippen LogP contribution in [-0.4, -0.2) is 12.5 Å². The van der Waals surface area contributed by atoms with Crippen molar-refractivity contribution < 1.29 is 9.18 Å². The van der Waals surface area contributed by atoms with Gasteiger partial charge < -0.3 is 5.32 Å². The van der Waals surface area contributed by atoms with Crippen LogP contribution >= 0.6 is 11.6 Å². The number of amides is 1. The number of hydrogen-bond donors (Lipinski definition) is 1. The van der Waals surface area contributed by atoms with E-state index in [1.54, 1.807) is 0 Å². The van der Waals surface area contributed by atoms with Gasteiger partial charge in [-0.2, -0.15) is 5.26 Å². The number of nitrogens with one attached hydrogen (secondary N) is 1. The van der Waals surface area contributed by atoms with Gasteiger partial charge in [0.1, 0.15) is 5.82 Å². The molecule has 0 atom stereocenters. The zero-order chi connectivity index (χ0) is 11.3. The topological polar surface area (TPSA) is 52.9 Å². The highest BCUT2D eigenvalue weighted by Crippen LogP contribution is 2.15. The third kappa shape index (κ3) is 3.22. The van der Waals surface area contributed by atoms with Crippen molar-refractivity contribution in [2.24, 2.45) is 0 Å². The summed E-state index contributed by atoms with van der Waals surface area (Å²) in [6.07, 6.45) is 0.237. The summed E-state index contributed by atoms with van der Waals surface area (Å²) in [5, 5.41) is 10.7. The van der Waals surface area contributed by atoms with Crippen molar-refractivity contribution in [2.45, 2.75) is 6.42 Å². The summed E-state index contributed by atoms with van der Waals surface area (Å²) in [5.41, 5.74) is 0.277. The van der Waals surface area contributed by atoms with Gasteiger partial charge in [0.25, 0.3) is 5.91 Å². The second kappa shape index (κ2) is 5.32. The van der Waals surface area contributed by atoms with Crippen molar-refractivity contribution in [1.82, 2.24) is 5.32 Å². The summed E-state index contributed by atoms with van der Waals surface area (Å²) < 4.78 is 12.8. The molecule has 0 unspecified atom stereocenters. The van der Waals surface area contributed by atoms with Crippen molar-refractivity contribution >= 4 is 17.5 Å². The predicted molar refractivity (Wildman–Crippen MR) is 54.0 cm³/mol. The van der Waals surface area contributed by atoms with Gasteiger partial charge in [-0.15, -0.1) is 0 Å². The molecule has 1 amide bonds. The number of carbonyl (C=O) groups excluding carboxylic acids is 1. The van der Waals surface area contributed by atoms with Gasteiger partial charge in [-0.05, 0) is 18.2 Å². The van der Waals surface area contributed by atoms with E-state index in [0.29, 0.717) is 0 Å². The predicted octanol–water partition coefficient (Wildman–Crippen LogP) is 2.12. The lowest BCUT2D eigenvalue weighted by molar-refractivity contribution is 0.0954. The fourth-order valence-corrected chi connectivity index (χ4v) is 1.15. The Morgan fingerprint density at radius 1 is 1.60 bits per heavy atom. The van der Waals surface area contributed by atoms with Gasteiger partial charge in [-0.1, -0.05) is 11.6 Å². The smallest absolute Gasteiger partial charge is 0.251 e. The second-order valence-corrected chi connectivity index (χ2v) is 3.20. The number of hydrogen-bond acceptors (Lipinski definition) is 2. The van der Waals surface area contributed by atoms with Crippen LogP contribution in [0.1, 0.15) is 16.8 Å². The van der Waals surface area contributed by atoms with Crippen LogP contribution in [0.2, 0.25) is 5.02 Å². The van der Waals surface area contributed by atoms with Gasteiger partial charge in [-0.25, -0.2) is 4.39 Å². The summed E-state index contributed by atoms with van der Waals surface area (Å²) >= 11 is 5.51. The van der Waals surface area contributed by atoms with E-state index in [0.717, 1.165) is 6.07 Å². The van der Waals surface area contributed by atoms with Gasteiger partial charge in [-0.3, -0.25) is 4.79 Å². The lowest BCUT2D eigenvalue weighted by Crippen LogP contribution is -2.24. The maximum absolute atomic E-state index is 12.8. The van der Waals surface area contributed by atoms with Crippen molar-refractivity contribution in [3.63, 3.8) is 0 Å². The molecule has 78 valence electrons. The lowest BCUT2D eigenvalue weighted by atomic mass is 10.2. The second-order valence-electron chi connectivity index (χ2n) is 2.79. The Kier molecular flexibility index (Phi) is 4.07. The molecule has 0 radical (unpaired) electrons. The molecule has 0 saturated heterocycles. The Morgan fingerprint density at radius 3 is 2.93 bits per heavy atom. The van der Waals surface area contributed by atoms with Crippen LogP contribution in [-0.2, 0) is 0 Å². The molecule has 1 rings (SSSR count). The minimum atomic E-state index is -0.565. The molecule has 3 nitrogen and oxygen atoms in total. The molecule has 15 heavy (non-hydrogen) atoms. The number of carbonyl (C=O) groups is 1. The van der Waals surface area contributed by atoms with Crippen LogP contribution in [0.3, 0.4) is 0 Å². The Balaban J connectivity index is 2.67. The highest BCUT2D eigenvalue weighted by molar-refractivity contribution is 6.31. The Labute approximate surface area is 91.5 Å². The first-order valence-corrected chi connectivity index (χ1v) is 4.63. The zero-order valence-electron chi connectivity index (χ0n) is 7.76. The van der Waals surface area contributed by atoms with Crippen molar-refractivity contribution in [2.75, 3.05) is 6.54 Å². The van der Waals surface area contributed by atoms with Crippen LogP contribution in [0.15, 0.2) is 18.2 Å². The first-order valence-electron chi connectivity index (χ1n) is 4.25. The molecule has 1 aromatic rings. The van der Waals surface area contributed by atoms with Gasteiger partial charge in [0.2, 0.25) is 0 Å². The maximum Gasteiger partial charge on any atom is 0.251 e. The molecule has 1 N–H and O–H groups in total. The fraction of sp³-hybridized carbons (Fsp3) is 0.200. The summed E-state index contributed by atoms with van der Waals surface area (Å²) in [7, 11) is 0. The van der Waals surface area contributed by atoms with E-state index in [1.807, 2.05) is 6.07 Å². The third-order valence-corrected chi connectivity index (χ3v) is 1.99. The number of nitrogens with zero attached hydrogens (tertiary/aromatic N) is 1. The molecule has 0 aliphatic heterocycles. The van der Waals surface area contributed by atoms with E-state index in [-0.39, 0.29) is 29.5 Å². The van der Waals surface area contributed by atoms with E-state index in [4.69, 9.17) is 16.9 Å². The molecular weight excluding hydrogens is 219 g/mol. The molecule has 1 aromatic carbocycles. The quantitative estimate of drug-likeness (QED) is 0.803. The van der Waals surface area contributed by atoms with Gasteiger partial charge in [0.05, 0.1) is 17.5 Å². The van der Waals surface area contributed by atoms with E-state index < -0.39 is 5.82 Å². The number of benzene rings is 1. The molecular formula is C10H8ClFN2O. The molecule has 0 spiro atoms. The van der Waals surface area contributed by atoms with Crippen molar-refractivity contribution in [3.05, 3.63) is 34.6 Å². The van der Waals surface area contributed by atoms with Gasteiger partial charge >= 0.3 is 0 Å². The summed E-state index contributed by atoms with van der Waals surface area (Å²) in [6, 6.07) is 5.61. The van der Waals surface area contributed by atoms with E-state index in [9.17, 15) is 9.18 Å². The van der Waals surface area contributed by atoms with Crippen molar-refractivity contribution in [1.29, 1.82) is 5.26 Å². The summed E-state index contributed by atoms with van der Waals surface area (Å²) in [5.74, 6) is -0.933. The maximum atomic E-state index is 12.8. The Bertz CT molecular complexity index is 414. The van der Waals surface area contributed by atoms with Crippen LogP contribution in [0.25, 0.3) is 0 Å². The third-order valence-electron chi connectivity index (χ3n) is 1.70. The zero-order valence-corrected chi connectivity index (χ0v) is 8.51. The van der Waals surface area contributed by atoms with E-state index >= 15 is 0 Å². The average molecular weight is 227 g/mol. The van der Waals surface area contributed by atoms with E-state index in [1.165, 1.54) is 12.1 Å². The van der Waals surface area contributed by atoms with Crippen LogP contribution in [0, 0.1) is 17.1 Å². The van der Waals surface area contributed by atoms with Crippen LogP contribution in [0.4, 0.5) is 4.39 Å². The minimum absolute atomic E-state index is 0.0945. The molecule has 0 aromatic heterocycles. The molecule has 0 aliphatic carbocycles. The van der Waals surface area contributed by atoms with Crippen molar-refractivity contribution in [3.8, 4) is 6.07 Å². The van der Waals surface area contributed by atoms with Gasteiger partial charge in [0, 0.05) is 12.1 Å². The van der Waals surface area contributed by atoms with E-state index in [2.05, 4.69) is 5.32 Å². The molecule has 0 saturated carbocycles. The standard InChI is InChI=1S/C10H8ClFN2O/c11-8-6-7(2-3-9(8)12)10(15)14-5-1-4-13/h2-3,6H,1,5H2,(H,14,15). The first kappa shape index (κ1) is 11.5. The largest absolute Gasteiger partial charge is 0.351 e. The molecule has 5 heteroatoms. The molecule has 0 aliphatic rings.